The minimum absolute atomic E-state index is 0.0187. The summed E-state index contributed by atoms with van der Waals surface area (Å²) in [4.78, 5) is 8.88. The van der Waals surface area contributed by atoms with Crippen LogP contribution in [0.15, 0.2) is 9.98 Å². The number of anilines is 1. The van der Waals surface area contributed by atoms with Crippen LogP contribution in [0.3, 0.4) is 0 Å². The average Bonchev–Trinajstić information content (AvgIpc) is 2.75. The maximum Gasteiger partial charge on any atom is 0.186 e. The summed E-state index contributed by atoms with van der Waals surface area (Å²) in [5.41, 5.74) is 0. The van der Waals surface area contributed by atoms with Crippen LogP contribution in [-0.4, -0.2) is 42.1 Å². The van der Waals surface area contributed by atoms with Crippen LogP contribution in [0.5, 0.6) is 0 Å². The van der Waals surface area contributed by atoms with Crippen molar-refractivity contribution >= 4 is 32.4 Å². The zero-order valence-electron chi connectivity index (χ0n) is 9.06. The number of rotatable bonds is 2. The lowest BCUT2D eigenvalue weighted by molar-refractivity contribution is 0.231. The molecule has 1 aliphatic heterocycles. The van der Waals surface area contributed by atoms with E-state index in [2.05, 4.69) is 36.8 Å². The Hall–Kier alpha value is -0.640. The summed E-state index contributed by atoms with van der Waals surface area (Å²) in [6, 6.07) is 2.30. The second-order valence-corrected chi connectivity index (χ2v) is 5.43. The van der Waals surface area contributed by atoms with Gasteiger partial charge in [-0.15, -0.1) is 11.3 Å². The monoisotopic (exact) mass is 300 g/mol. The average molecular weight is 301 g/mol. The van der Waals surface area contributed by atoms with E-state index in [0.717, 1.165) is 35.9 Å². The van der Waals surface area contributed by atoms with Crippen molar-refractivity contribution in [2.75, 3.05) is 31.1 Å². The first-order valence-corrected chi connectivity index (χ1v) is 6.87. The van der Waals surface area contributed by atoms with E-state index in [1.807, 2.05) is 12.3 Å². The van der Waals surface area contributed by atoms with Crippen molar-refractivity contribution in [1.82, 2.24) is 9.88 Å². The number of aromatic nitrogens is 1. The molecule has 0 radical (unpaired) electrons. The van der Waals surface area contributed by atoms with Crippen LogP contribution >= 0.6 is 27.3 Å². The van der Waals surface area contributed by atoms with Gasteiger partial charge in [-0.2, -0.15) is 5.26 Å². The van der Waals surface area contributed by atoms with Gasteiger partial charge in [0.15, 0.2) is 5.13 Å². The van der Waals surface area contributed by atoms with E-state index in [9.17, 15) is 0 Å². The van der Waals surface area contributed by atoms with E-state index in [-0.39, 0.29) is 6.04 Å². The molecule has 0 spiro atoms. The lowest BCUT2D eigenvalue weighted by Gasteiger charge is -2.35. The van der Waals surface area contributed by atoms with Crippen LogP contribution in [0.25, 0.3) is 0 Å². The summed E-state index contributed by atoms with van der Waals surface area (Å²) < 4.78 is 0.903. The maximum absolute atomic E-state index is 8.85. The highest BCUT2D eigenvalue weighted by molar-refractivity contribution is 9.10. The van der Waals surface area contributed by atoms with Crippen LogP contribution in [0.1, 0.15) is 6.92 Å². The fraction of sp³-hybridized carbons (Fsp3) is 0.600. The zero-order chi connectivity index (χ0) is 11.5. The van der Waals surface area contributed by atoms with Gasteiger partial charge in [-0.25, -0.2) is 4.98 Å². The molecular formula is C10H13BrN4S. The number of piperazine rings is 1. The number of hydrogen-bond donors (Lipinski definition) is 0. The van der Waals surface area contributed by atoms with Crippen molar-refractivity contribution in [3.8, 4) is 6.07 Å². The van der Waals surface area contributed by atoms with Gasteiger partial charge in [0.1, 0.15) is 4.60 Å². The molecular weight excluding hydrogens is 288 g/mol. The maximum atomic E-state index is 8.85. The Labute approximate surface area is 108 Å². The standard InChI is InChI=1S/C10H13BrN4S/c1-8(6-12)14-2-4-15(5-3-14)10-13-9(11)7-16-10/h7-8H,2-5H2,1H3. The van der Waals surface area contributed by atoms with Gasteiger partial charge in [-0.1, -0.05) is 0 Å². The summed E-state index contributed by atoms with van der Waals surface area (Å²) in [6.45, 7) is 5.73. The van der Waals surface area contributed by atoms with Gasteiger partial charge >= 0.3 is 0 Å². The molecule has 1 aromatic rings. The molecule has 1 atom stereocenters. The largest absolute Gasteiger partial charge is 0.345 e. The fourth-order valence-electron chi connectivity index (χ4n) is 1.77. The molecule has 6 heteroatoms. The quantitative estimate of drug-likeness (QED) is 0.837. The third kappa shape index (κ3) is 2.54. The molecule has 1 fully saturated rings. The first-order chi connectivity index (χ1) is 7.70. The van der Waals surface area contributed by atoms with E-state index in [4.69, 9.17) is 5.26 Å². The summed E-state index contributed by atoms with van der Waals surface area (Å²) in [7, 11) is 0. The van der Waals surface area contributed by atoms with Crippen LogP contribution in [0.2, 0.25) is 0 Å². The molecule has 0 amide bonds. The van der Waals surface area contributed by atoms with Crippen LogP contribution < -0.4 is 4.90 Å². The molecule has 1 aliphatic rings. The topological polar surface area (TPSA) is 43.2 Å². The Morgan fingerprint density at radius 1 is 1.50 bits per heavy atom. The number of halogens is 1. The van der Waals surface area contributed by atoms with Crippen LogP contribution in [0.4, 0.5) is 5.13 Å². The fourth-order valence-corrected chi connectivity index (χ4v) is 3.08. The molecule has 2 heterocycles. The van der Waals surface area contributed by atoms with E-state index >= 15 is 0 Å². The number of nitriles is 1. The highest BCUT2D eigenvalue weighted by Gasteiger charge is 2.22. The van der Waals surface area contributed by atoms with Gasteiger partial charge in [0.25, 0.3) is 0 Å². The predicted molar refractivity (Wildman–Crippen MR) is 68.7 cm³/mol. The second-order valence-electron chi connectivity index (χ2n) is 3.78. The lowest BCUT2D eigenvalue weighted by atomic mass is 10.2. The summed E-state index contributed by atoms with van der Waals surface area (Å²) in [6.07, 6.45) is 0. The molecule has 0 saturated carbocycles. The van der Waals surface area contributed by atoms with Gasteiger partial charge in [0.05, 0.1) is 12.1 Å². The van der Waals surface area contributed by atoms with Crippen molar-refractivity contribution in [2.45, 2.75) is 13.0 Å². The molecule has 4 nitrogen and oxygen atoms in total. The Balaban J connectivity index is 1.93. The van der Waals surface area contributed by atoms with Gasteiger partial charge in [0, 0.05) is 31.6 Å². The van der Waals surface area contributed by atoms with Gasteiger partial charge in [0.2, 0.25) is 0 Å². The smallest absolute Gasteiger partial charge is 0.186 e. The van der Waals surface area contributed by atoms with Crippen molar-refractivity contribution in [3.05, 3.63) is 9.98 Å². The van der Waals surface area contributed by atoms with E-state index < -0.39 is 0 Å². The molecule has 2 rings (SSSR count). The Bertz CT molecular complexity index is 392. The minimum atomic E-state index is 0.0187. The number of nitrogens with zero attached hydrogens (tertiary/aromatic N) is 4. The van der Waals surface area contributed by atoms with E-state index in [0.29, 0.717) is 0 Å². The molecule has 0 aromatic carbocycles. The molecule has 1 unspecified atom stereocenters. The van der Waals surface area contributed by atoms with Crippen molar-refractivity contribution in [3.63, 3.8) is 0 Å². The molecule has 1 saturated heterocycles. The first-order valence-electron chi connectivity index (χ1n) is 5.20. The van der Waals surface area contributed by atoms with Crippen LogP contribution in [-0.2, 0) is 0 Å². The Morgan fingerprint density at radius 2 is 2.19 bits per heavy atom. The van der Waals surface area contributed by atoms with Crippen molar-refractivity contribution in [1.29, 1.82) is 5.26 Å². The SMILES string of the molecule is CC(C#N)N1CCN(c2nc(Br)cs2)CC1. The van der Waals surface area contributed by atoms with Crippen LogP contribution in [0, 0.1) is 11.3 Å². The summed E-state index contributed by atoms with van der Waals surface area (Å²) in [5, 5.41) is 11.9. The summed E-state index contributed by atoms with van der Waals surface area (Å²) in [5.74, 6) is 0. The highest BCUT2D eigenvalue weighted by Crippen LogP contribution is 2.24. The van der Waals surface area contributed by atoms with E-state index in [1.54, 1.807) is 11.3 Å². The highest BCUT2D eigenvalue weighted by atomic mass is 79.9. The first kappa shape index (κ1) is 11.8. The molecule has 0 bridgehead atoms. The zero-order valence-corrected chi connectivity index (χ0v) is 11.5. The van der Waals surface area contributed by atoms with Crippen molar-refractivity contribution < 1.29 is 0 Å². The van der Waals surface area contributed by atoms with Gasteiger partial charge < -0.3 is 4.90 Å². The Morgan fingerprint density at radius 3 is 2.69 bits per heavy atom. The number of thiazole rings is 1. The molecule has 0 N–H and O–H groups in total. The lowest BCUT2D eigenvalue weighted by Crippen LogP contribution is -2.49. The Kier molecular flexibility index (Phi) is 3.79. The third-order valence-corrected chi connectivity index (χ3v) is 4.39. The van der Waals surface area contributed by atoms with Gasteiger partial charge in [-0.05, 0) is 22.9 Å². The number of hydrogen-bond acceptors (Lipinski definition) is 5. The minimum Gasteiger partial charge on any atom is -0.345 e. The summed E-state index contributed by atoms with van der Waals surface area (Å²) >= 11 is 5.02. The second kappa shape index (κ2) is 5.13. The molecule has 16 heavy (non-hydrogen) atoms. The molecule has 86 valence electrons. The predicted octanol–water partition coefficient (Wildman–Crippen LogP) is 1.94. The van der Waals surface area contributed by atoms with E-state index in [1.165, 1.54) is 0 Å². The molecule has 1 aromatic heterocycles. The van der Waals surface area contributed by atoms with Gasteiger partial charge in [-0.3, -0.25) is 4.90 Å². The normalized spacial score (nSPS) is 19.4. The van der Waals surface area contributed by atoms with Crippen molar-refractivity contribution in [2.24, 2.45) is 0 Å². The molecule has 0 aliphatic carbocycles. The third-order valence-electron chi connectivity index (χ3n) is 2.78.